The Morgan fingerprint density at radius 1 is 1.50 bits per heavy atom. The molecular formula is C11H23N. The van der Waals surface area contributed by atoms with Gasteiger partial charge in [-0.05, 0) is 37.5 Å². The van der Waals surface area contributed by atoms with Gasteiger partial charge in [0, 0.05) is 5.54 Å². The molecule has 0 aromatic rings. The maximum atomic E-state index is 6.12. The van der Waals surface area contributed by atoms with E-state index < -0.39 is 0 Å². The van der Waals surface area contributed by atoms with Gasteiger partial charge in [0.15, 0.2) is 0 Å². The third kappa shape index (κ3) is 2.01. The topological polar surface area (TPSA) is 26.0 Å². The van der Waals surface area contributed by atoms with Crippen molar-refractivity contribution < 1.29 is 0 Å². The molecule has 0 bridgehead atoms. The van der Waals surface area contributed by atoms with Gasteiger partial charge in [0.2, 0.25) is 0 Å². The Kier molecular flexibility index (Phi) is 2.53. The van der Waals surface area contributed by atoms with Gasteiger partial charge in [-0.3, -0.25) is 0 Å². The molecule has 1 rings (SSSR count). The molecule has 0 aromatic heterocycles. The molecule has 2 N–H and O–H groups in total. The zero-order valence-electron chi connectivity index (χ0n) is 8.98. The molecule has 1 fully saturated rings. The second kappa shape index (κ2) is 3.02. The molecule has 0 amide bonds. The molecule has 1 heteroatoms. The quantitative estimate of drug-likeness (QED) is 0.675. The van der Waals surface area contributed by atoms with E-state index >= 15 is 0 Å². The van der Waals surface area contributed by atoms with Crippen LogP contribution in [0.25, 0.3) is 0 Å². The van der Waals surface area contributed by atoms with E-state index in [1.54, 1.807) is 0 Å². The monoisotopic (exact) mass is 169 g/mol. The van der Waals surface area contributed by atoms with Gasteiger partial charge in [-0.2, -0.15) is 0 Å². The van der Waals surface area contributed by atoms with Gasteiger partial charge in [-0.15, -0.1) is 0 Å². The molecule has 0 spiro atoms. The van der Waals surface area contributed by atoms with Crippen molar-refractivity contribution in [3.8, 4) is 0 Å². The molecule has 2 atom stereocenters. The molecule has 1 aliphatic carbocycles. The summed E-state index contributed by atoms with van der Waals surface area (Å²) in [5, 5.41) is 0. The van der Waals surface area contributed by atoms with E-state index in [2.05, 4.69) is 27.7 Å². The van der Waals surface area contributed by atoms with Crippen LogP contribution in [-0.4, -0.2) is 5.54 Å². The summed E-state index contributed by atoms with van der Waals surface area (Å²) >= 11 is 0. The second-order valence-electron chi connectivity index (χ2n) is 5.44. The molecule has 1 aliphatic rings. The molecule has 0 heterocycles. The molecule has 2 unspecified atom stereocenters. The van der Waals surface area contributed by atoms with Gasteiger partial charge in [0.1, 0.15) is 0 Å². The van der Waals surface area contributed by atoms with Crippen molar-refractivity contribution in [2.24, 2.45) is 17.1 Å². The van der Waals surface area contributed by atoms with Crippen molar-refractivity contribution in [2.45, 2.75) is 58.9 Å². The van der Waals surface area contributed by atoms with Crippen molar-refractivity contribution in [1.82, 2.24) is 0 Å². The molecule has 12 heavy (non-hydrogen) atoms. The zero-order chi connectivity index (χ0) is 9.41. The second-order valence-corrected chi connectivity index (χ2v) is 5.44. The summed E-state index contributed by atoms with van der Waals surface area (Å²) in [4.78, 5) is 0. The molecule has 0 aliphatic heterocycles. The highest BCUT2D eigenvalue weighted by molar-refractivity contribution is 4.94. The lowest BCUT2D eigenvalue weighted by Gasteiger charge is -2.31. The first-order chi connectivity index (χ1) is 5.37. The number of hydrogen-bond donors (Lipinski definition) is 1. The van der Waals surface area contributed by atoms with Crippen LogP contribution in [-0.2, 0) is 0 Å². The highest BCUT2D eigenvalue weighted by Gasteiger charge is 2.38. The van der Waals surface area contributed by atoms with E-state index in [9.17, 15) is 0 Å². The van der Waals surface area contributed by atoms with Crippen LogP contribution in [0, 0.1) is 11.3 Å². The van der Waals surface area contributed by atoms with Crippen LogP contribution in [0.5, 0.6) is 0 Å². The van der Waals surface area contributed by atoms with Crippen LogP contribution in [0.15, 0.2) is 0 Å². The predicted octanol–water partition coefficient (Wildman–Crippen LogP) is 2.94. The maximum absolute atomic E-state index is 6.12. The standard InChI is InChI=1S/C11H23N/c1-5-10(2,3)9-6-7-11(4,12)8-9/h9H,5-8,12H2,1-4H3. The van der Waals surface area contributed by atoms with Crippen LogP contribution in [0.4, 0.5) is 0 Å². The van der Waals surface area contributed by atoms with E-state index in [0.29, 0.717) is 5.41 Å². The molecule has 0 radical (unpaired) electrons. The van der Waals surface area contributed by atoms with Crippen molar-refractivity contribution in [1.29, 1.82) is 0 Å². The molecule has 1 nitrogen and oxygen atoms in total. The number of hydrogen-bond acceptors (Lipinski definition) is 1. The molecule has 0 aromatic carbocycles. The van der Waals surface area contributed by atoms with E-state index in [-0.39, 0.29) is 5.54 Å². The van der Waals surface area contributed by atoms with E-state index in [4.69, 9.17) is 5.73 Å². The Morgan fingerprint density at radius 3 is 2.42 bits per heavy atom. The van der Waals surface area contributed by atoms with Crippen LogP contribution in [0.1, 0.15) is 53.4 Å². The fraction of sp³-hybridized carbons (Fsp3) is 1.00. The van der Waals surface area contributed by atoms with Crippen molar-refractivity contribution in [2.75, 3.05) is 0 Å². The highest BCUT2D eigenvalue weighted by Crippen LogP contribution is 2.44. The summed E-state index contributed by atoms with van der Waals surface area (Å²) in [5.41, 5.74) is 6.74. The third-order valence-electron chi connectivity index (χ3n) is 3.79. The lowest BCUT2D eigenvalue weighted by atomic mass is 9.75. The summed E-state index contributed by atoms with van der Waals surface area (Å²) in [5.74, 6) is 0.845. The Morgan fingerprint density at radius 2 is 2.08 bits per heavy atom. The van der Waals surface area contributed by atoms with Crippen molar-refractivity contribution in [3.63, 3.8) is 0 Å². The minimum atomic E-state index is 0.122. The average Bonchev–Trinajstić information content (AvgIpc) is 2.31. The zero-order valence-corrected chi connectivity index (χ0v) is 8.98. The van der Waals surface area contributed by atoms with Gasteiger partial charge in [-0.1, -0.05) is 27.2 Å². The third-order valence-corrected chi connectivity index (χ3v) is 3.79. The molecule has 1 saturated carbocycles. The first kappa shape index (κ1) is 10.0. The number of rotatable bonds is 2. The summed E-state index contributed by atoms with van der Waals surface area (Å²) < 4.78 is 0. The van der Waals surface area contributed by atoms with Crippen LogP contribution in [0.2, 0.25) is 0 Å². The van der Waals surface area contributed by atoms with Gasteiger partial charge < -0.3 is 5.73 Å². The Balaban J connectivity index is 2.58. The summed E-state index contributed by atoms with van der Waals surface area (Å²) in [6, 6.07) is 0. The van der Waals surface area contributed by atoms with Gasteiger partial charge >= 0.3 is 0 Å². The van der Waals surface area contributed by atoms with Crippen LogP contribution in [0.3, 0.4) is 0 Å². The largest absolute Gasteiger partial charge is 0.325 e. The summed E-state index contributed by atoms with van der Waals surface area (Å²) in [7, 11) is 0. The summed E-state index contributed by atoms with van der Waals surface area (Å²) in [6.45, 7) is 9.23. The minimum absolute atomic E-state index is 0.122. The van der Waals surface area contributed by atoms with Crippen molar-refractivity contribution in [3.05, 3.63) is 0 Å². The van der Waals surface area contributed by atoms with E-state index in [0.717, 1.165) is 5.92 Å². The fourth-order valence-corrected chi connectivity index (χ4v) is 2.23. The minimum Gasteiger partial charge on any atom is -0.325 e. The van der Waals surface area contributed by atoms with E-state index in [1.807, 2.05) is 0 Å². The number of nitrogens with two attached hydrogens (primary N) is 1. The Hall–Kier alpha value is -0.0400. The van der Waals surface area contributed by atoms with Crippen molar-refractivity contribution >= 4 is 0 Å². The van der Waals surface area contributed by atoms with E-state index in [1.165, 1.54) is 25.7 Å². The van der Waals surface area contributed by atoms with Gasteiger partial charge in [0.25, 0.3) is 0 Å². The molecule has 0 saturated heterocycles. The lowest BCUT2D eigenvalue weighted by molar-refractivity contribution is 0.200. The summed E-state index contributed by atoms with van der Waals surface area (Å²) in [6.07, 6.45) is 5.02. The Bertz CT molecular complexity index is 158. The Labute approximate surface area is 76.7 Å². The normalized spacial score (nSPS) is 37.2. The average molecular weight is 169 g/mol. The fourth-order valence-electron chi connectivity index (χ4n) is 2.23. The van der Waals surface area contributed by atoms with Crippen LogP contribution < -0.4 is 5.73 Å². The maximum Gasteiger partial charge on any atom is 0.0128 e. The van der Waals surface area contributed by atoms with Crippen LogP contribution >= 0.6 is 0 Å². The lowest BCUT2D eigenvalue weighted by Crippen LogP contribution is -2.34. The smallest absolute Gasteiger partial charge is 0.0128 e. The first-order valence-corrected chi connectivity index (χ1v) is 5.16. The molecular weight excluding hydrogens is 146 g/mol. The SMILES string of the molecule is CCC(C)(C)C1CCC(C)(N)C1. The predicted molar refractivity (Wildman–Crippen MR) is 54.0 cm³/mol. The molecule has 72 valence electrons. The highest BCUT2D eigenvalue weighted by atomic mass is 14.7. The van der Waals surface area contributed by atoms with Gasteiger partial charge in [0.05, 0.1) is 0 Å². The van der Waals surface area contributed by atoms with Gasteiger partial charge in [-0.25, -0.2) is 0 Å². The first-order valence-electron chi connectivity index (χ1n) is 5.16.